The minimum Gasteiger partial charge on any atom is -0.493 e. The topological polar surface area (TPSA) is 67.4 Å². The van der Waals surface area contributed by atoms with Crippen molar-refractivity contribution in [1.29, 1.82) is 0 Å². The maximum Gasteiger partial charge on any atom is 0.313 e. The molecule has 0 aliphatic heterocycles. The third-order valence-corrected chi connectivity index (χ3v) is 5.19. The van der Waals surface area contributed by atoms with Crippen LogP contribution in [0.15, 0.2) is 24.3 Å². The average Bonchev–Trinajstić information content (AvgIpc) is 2.60. The minimum atomic E-state index is -0.621. The lowest BCUT2D eigenvalue weighted by Gasteiger charge is -2.37. The Bertz CT molecular complexity index is 624. The highest BCUT2D eigenvalue weighted by molar-refractivity contribution is 6.39. The monoisotopic (exact) mass is 374 g/mol. The first kappa shape index (κ1) is 21.3. The van der Waals surface area contributed by atoms with E-state index in [1.54, 1.807) is 24.3 Å². The third kappa shape index (κ3) is 6.89. The standard InChI is InChI=1S/C22H34N2O3/c1-15(2)14-27-19-12-10-18(11-13-19)24-21(26)20(25)23-17-8-6-16(7-9-17)22(3,4)5/h10-13,15-17H,6-9,14H2,1-5H3,(H,23,25)(H,24,26). The molecule has 0 spiro atoms. The summed E-state index contributed by atoms with van der Waals surface area (Å²) in [5.41, 5.74) is 0.890. The van der Waals surface area contributed by atoms with Gasteiger partial charge in [-0.15, -0.1) is 0 Å². The highest BCUT2D eigenvalue weighted by Crippen LogP contribution is 2.37. The van der Waals surface area contributed by atoms with Crippen LogP contribution in [-0.4, -0.2) is 24.5 Å². The first-order chi connectivity index (χ1) is 12.6. The zero-order valence-corrected chi connectivity index (χ0v) is 17.3. The second kappa shape index (κ2) is 9.25. The van der Waals surface area contributed by atoms with E-state index in [2.05, 4.69) is 45.3 Å². The van der Waals surface area contributed by atoms with Gasteiger partial charge < -0.3 is 15.4 Å². The second-order valence-electron chi connectivity index (χ2n) is 9.07. The largest absolute Gasteiger partial charge is 0.493 e. The number of hydrogen-bond donors (Lipinski definition) is 2. The van der Waals surface area contributed by atoms with Crippen molar-refractivity contribution < 1.29 is 14.3 Å². The van der Waals surface area contributed by atoms with E-state index in [-0.39, 0.29) is 6.04 Å². The Morgan fingerprint density at radius 1 is 1.04 bits per heavy atom. The molecule has 1 aliphatic carbocycles. The number of ether oxygens (including phenoxy) is 1. The predicted molar refractivity (Wildman–Crippen MR) is 109 cm³/mol. The van der Waals surface area contributed by atoms with Gasteiger partial charge in [0.1, 0.15) is 5.75 Å². The molecule has 27 heavy (non-hydrogen) atoms. The molecule has 1 aromatic rings. The molecule has 2 rings (SSSR count). The van der Waals surface area contributed by atoms with E-state index in [1.807, 2.05) is 0 Å². The van der Waals surface area contributed by atoms with Crippen LogP contribution in [0.2, 0.25) is 0 Å². The van der Waals surface area contributed by atoms with Crippen LogP contribution in [0.25, 0.3) is 0 Å². The van der Waals surface area contributed by atoms with Crippen LogP contribution in [0, 0.1) is 17.3 Å². The second-order valence-corrected chi connectivity index (χ2v) is 9.07. The average molecular weight is 375 g/mol. The molecule has 1 aromatic carbocycles. The van der Waals surface area contributed by atoms with Gasteiger partial charge in [0.25, 0.3) is 0 Å². The van der Waals surface area contributed by atoms with Crippen molar-refractivity contribution in [3.63, 3.8) is 0 Å². The molecule has 0 bridgehead atoms. The number of nitrogens with one attached hydrogen (secondary N) is 2. The van der Waals surface area contributed by atoms with E-state index in [9.17, 15) is 9.59 Å². The van der Waals surface area contributed by atoms with Crippen LogP contribution >= 0.6 is 0 Å². The van der Waals surface area contributed by atoms with Gasteiger partial charge in [0, 0.05) is 11.7 Å². The van der Waals surface area contributed by atoms with Crippen molar-refractivity contribution in [2.45, 2.75) is 66.3 Å². The van der Waals surface area contributed by atoms with Crippen molar-refractivity contribution in [3.05, 3.63) is 24.3 Å². The van der Waals surface area contributed by atoms with Gasteiger partial charge in [0.15, 0.2) is 0 Å². The first-order valence-corrected chi connectivity index (χ1v) is 10.00. The molecule has 150 valence electrons. The molecular formula is C22H34N2O3. The summed E-state index contributed by atoms with van der Waals surface area (Å²) < 4.78 is 5.62. The van der Waals surface area contributed by atoms with Gasteiger partial charge in [-0.05, 0) is 67.2 Å². The molecule has 0 saturated heterocycles. The van der Waals surface area contributed by atoms with Crippen molar-refractivity contribution in [2.75, 3.05) is 11.9 Å². The fraction of sp³-hybridized carbons (Fsp3) is 0.636. The molecule has 1 aliphatic rings. The molecule has 0 atom stereocenters. The molecule has 1 fully saturated rings. The summed E-state index contributed by atoms with van der Waals surface area (Å²) in [6.45, 7) is 11.6. The molecular weight excluding hydrogens is 340 g/mol. The van der Waals surface area contributed by atoms with E-state index < -0.39 is 11.8 Å². The SMILES string of the molecule is CC(C)COc1ccc(NC(=O)C(=O)NC2CCC(C(C)(C)C)CC2)cc1. The number of carbonyl (C=O) groups is 2. The van der Waals surface area contributed by atoms with Crippen LogP contribution in [0.5, 0.6) is 5.75 Å². The van der Waals surface area contributed by atoms with Gasteiger partial charge >= 0.3 is 11.8 Å². The van der Waals surface area contributed by atoms with Crippen molar-refractivity contribution in [2.24, 2.45) is 17.3 Å². The Balaban J connectivity index is 1.78. The Labute approximate surface area is 163 Å². The fourth-order valence-corrected chi connectivity index (χ4v) is 3.44. The van der Waals surface area contributed by atoms with E-state index in [0.717, 1.165) is 31.4 Å². The van der Waals surface area contributed by atoms with Gasteiger partial charge in [-0.3, -0.25) is 9.59 Å². The lowest BCUT2D eigenvalue weighted by Crippen LogP contribution is -2.44. The van der Waals surface area contributed by atoms with Crippen LogP contribution in [0.1, 0.15) is 60.3 Å². The van der Waals surface area contributed by atoms with Crippen molar-refractivity contribution in [3.8, 4) is 5.75 Å². The van der Waals surface area contributed by atoms with Crippen molar-refractivity contribution in [1.82, 2.24) is 5.32 Å². The Hall–Kier alpha value is -2.04. The molecule has 5 heteroatoms. The molecule has 0 heterocycles. The summed E-state index contributed by atoms with van der Waals surface area (Å²) in [4.78, 5) is 24.3. The maximum absolute atomic E-state index is 12.2. The van der Waals surface area contributed by atoms with E-state index in [4.69, 9.17) is 4.74 Å². The van der Waals surface area contributed by atoms with Crippen LogP contribution < -0.4 is 15.4 Å². The van der Waals surface area contributed by atoms with E-state index >= 15 is 0 Å². The molecule has 0 radical (unpaired) electrons. The van der Waals surface area contributed by atoms with Crippen LogP contribution in [0.3, 0.4) is 0 Å². The number of carbonyl (C=O) groups excluding carboxylic acids is 2. The Morgan fingerprint density at radius 2 is 1.63 bits per heavy atom. The summed E-state index contributed by atoms with van der Waals surface area (Å²) >= 11 is 0. The smallest absolute Gasteiger partial charge is 0.313 e. The Kier molecular flexibility index (Phi) is 7.28. The molecule has 5 nitrogen and oxygen atoms in total. The molecule has 2 amide bonds. The van der Waals surface area contributed by atoms with Crippen LogP contribution in [-0.2, 0) is 9.59 Å². The summed E-state index contributed by atoms with van der Waals surface area (Å²) in [5, 5.41) is 5.53. The van der Waals surface area contributed by atoms with E-state index in [0.29, 0.717) is 29.5 Å². The summed E-state index contributed by atoms with van der Waals surface area (Å²) in [6, 6.07) is 7.17. The molecule has 2 N–H and O–H groups in total. The highest BCUT2D eigenvalue weighted by atomic mass is 16.5. The number of hydrogen-bond acceptors (Lipinski definition) is 3. The summed E-state index contributed by atoms with van der Waals surface area (Å²) in [6.07, 6.45) is 4.05. The number of anilines is 1. The number of rotatable bonds is 5. The zero-order chi connectivity index (χ0) is 20.0. The summed E-state index contributed by atoms with van der Waals surface area (Å²) in [5.74, 6) is 0.697. The molecule has 0 unspecified atom stereocenters. The first-order valence-electron chi connectivity index (χ1n) is 10.00. The lowest BCUT2D eigenvalue weighted by molar-refractivity contribution is -0.136. The minimum absolute atomic E-state index is 0.0914. The highest BCUT2D eigenvalue weighted by Gasteiger charge is 2.30. The van der Waals surface area contributed by atoms with Gasteiger partial charge in [-0.2, -0.15) is 0 Å². The fourth-order valence-electron chi connectivity index (χ4n) is 3.44. The Morgan fingerprint density at radius 3 is 2.15 bits per heavy atom. The molecule has 0 aromatic heterocycles. The quantitative estimate of drug-likeness (QED) is 0.752. The maximum atomic E-state index is 12.2. The van der Waals surface area contributed by atoms with Crippen LogP contribution in [0.4, 0.5) is 5.69 Å². The van der Waals surface area contributed by atoms with E-state index in [1.165, 1.54) is 0 Å². The summed E-state index contributed by atoms with van der Waals surface area (Å²) in [7, 11) is 0. The lowest BCUT2D eigenvalue weighted by atomic mass is 9.71. The normalized spacial score (nSPS) is 20.2. The molecule has 1 saturated carbocycles. The number of amides is 2. The number of benzene rings is 1. The third-order valence-electron chi connectivity index (χ3n) is 5.19. The zero-order valence-electron chi connectivity index (χ0n) is 17.3. The predicted octanol–water partition coefficient (Wildman–Crippen LogP) is 4.38. The van der Waals surface area contributed by atoms with Gasteiger partial charge in [-0.25, -0.2) is 0 Å². The van der Waals surface area contributed by atoms with Gasteiger partial charge in [0.05, 0.1) is 6.61 Å². The van der Waals surface area contributed by atoms with Gasteiger partial charge in [0.2, 0.25) is 0 Å². The van der Waals surface area contributed by atoms with Crippen molar-refractivity contribution >= 4 is 17.5 Å². The van der Waals surface area contributed by atoms with Gasteiger partial charge in [-0.1, -0.05) is 34.6 Å².